The molecule has 1 aromatic rings. The second-order valence-corrected chi connectivity index (χ2v) is 4.38. The molecule has 0 aromatic carbocycles. The lowest BCUT2D eigenvalue weighted by atomic mass is 10.2. The normalized spacial score (nSPS) is 13.6. The minimum Gasteiger partial charge on any atom is -0.463 e. The molecule has 98 valence electrons. The van der Waals surface area contributed by atoms with Gasteiger partial charge in [0.25, 0.3) is 0 Å². The second kappa shape index (κ2) is 6.32. The molecular weight excluding hydrogens is 258 g/mol. The number of thiocarbonyl (C=S) groups is 1. The number of ether oxygens (including phenoxy) is 1. The predicted molar refractivity (Wildman–Crippen MR) is 78.4 cm³/mol. The summed E-state index contributed by atoms with van der Waals surface area (Å²) in [5.41, 5.74) is 7.77. The topological polar surface area (TPSA) is 64.0 Å². The molecule has 0 amide bonds. The SMILES string of the molecule is N#Cc1cc(C=S)n(CCCN)c1C1=CCC=CO1. The molecule has 0 fully saturated rings. The van der Waals surface area contributed by atoms with Crippen LogP contribution >= 0.6 is 12.2 Å². The van der Waals surface area contributed by atoms with Crippen molar-refractivity contribution in [2.45, 2.75) is 19.4 Å². The Kier molecular flexibility index (Phi) is 4.50. The van der Waals surface area contributed by atoms with Gasteiger partial charge in [0, 0.05) is 11.9 Å². The third-order valence-electron chi connectivity index (χ3n) is 2.92. The molecule has 1 aliphatic heterocycles. The van der Waals surface area contributed by atoms with Crippen LogP contribution in [0.15, 0.2) is 24.5 Å². The first-order chi connectivity index (χ1) is 9.31. The van der Waals surface area contributed by atoms with E-state index >= 15 is 0 Å². The lowest BCUT2D eigenvalue weighted by molar-refractivity contribution is 0.420. The Balaban J connectivity index is 2.49. The van der Waals surface area contributed by atoms with Crippen molar-refractivity contribution < 1.29 is 4.74 Å². The number of nitriles is 1. The minimum atomic E-state index is 0.578. The summed E-state index contributed by atoms with van der Waals surface area (Å²) >= 11 is 5.02. The van der Waals surface area contributed by atoms with Crippen LogP contribution in [-0.2, 0) is 11.3 Å². The van der Waals surface area contributed by atoms with Crippen molar-refractivity contribution in [1.82, 2.24) is 4.57 Å². The third-order valence-corrected chi connectivity index (χ3v) is 3.16. The standard InChI is InChI=1S/C14H15N3OS/c15-5-3-6-17-12(10-19)8-11(9-16)14(17)13-4-1-2-7-18-13/h2,4,7-8,10H,1,3,5-6,15H2. The van der Waals surface area contributed by atoms with E-state index in [0.29, 0.717) is 17.9 Å². The number of hydrogen-bond acceptors (Lipinski definition) is 4. The van der Waals surface area contributed by atoms with Crippen molar-refractivity contribution in [1.29, 1.82) is 5.26 Å². The molecule has 0 spiro atoms. The fourth-order valence-electron chi connectivity index (χ4n) is 2.06. The van der Waals surface area contributed by atoms with Gasteiger partial charge in [-0.05, 0) is 37.6 Å². The van der Waals surface area contributed by atoms with Crippen molar-refractivity contribution in [3.63, 3.8) is 0 Å². The molecule has 19 heavy (non-hydrogen) atoms. The maximum atomic E-state index is 9.27. The average Bonchev–Trinajstić information content (AvgIpc) is 2.83. The Hall–Kier alpha value is -1.90. The van der Waals surface area contributed by atoms with E-state index in [1.807, 2.05) is 16.7 Å². The van der Waals surface area contributed by atoms with E-state index in [1.165, 1.54) is 0 Å². The summed E-state index contributed by atoms with van der Waals surface area (Å²) in [7, 11) is 0. The summed E-state index contributed by atoms with van der Waals surface area (Å²) in [4.78, 5) is 0. The largest absolute Gasteiger partial charge is 0.463 e. The smallest absolute Gasteiger partial charge is 0.147 e. The molecule has 0 saturated heterocycles. The van der Waals surface area contributed by atoms with Crippen LogP contribution in [0.5, 0.6) is 0 Å². The molecule has 5 heteroatoms. The number of rotatable bonds is 5. The van der Waals surface area contributed by atoms with Crippen molar-refractivity contribution in [3.8, 4) is 6.07 Å². The van der Waals surface area contributed by atoms with Gasteiger partial charge in [0.2, 0.25) is 0 Å². The first kappa shape index (κ1) is 13.5. The van der Waals surface area contributed by atoms with E-state index in [9.17, 15) is 5.26 Å². The van der Waals surface area contributed by atoms with E-state index in [-0.39, 0.29) is 0 Å². The Labute approximate surface area is 117 Å². The molecule has 0 saturated carbocycles. The first-order valence-corrected chi connectivity index (χ1v) is 6.60. The van der Waals surface area contributed by atoms with Gasteiger partial charge >= 0.3 is 0 Å². The van der Waals surface area contributed by atoms with Gasteiger partial charge in [-0.2, -0.15) is 5.26 Å². The summed E-state index contributed by atoms with van der Waals surface area (Å²) in [5.74, 6) is 0.708. The minimum absolute atomic E-state index is 0.578. The van der Waals surface area contributed by atoms with E-state index in [4.69, 9.17) is 22.7 Å². The Morgan fingerprint density at radius 3 is 3.00 bits per heavy atom. The van der Waals surface area contributed by atoms with Gasteiger partial charge in [0.15, 0.2) is 0 Å². The van der Waals surface area contributed by atoms with Crippen LogP contribution < -0.4 is 5.73 Å². The molecule has 2 heterocycles. The number of nitrogens with zero attached hydrogens (tertiary/aromatic N) is 2. The Morgan fingerprint density at radius 2 is 2.42 bits per heavy atom. The van der Waals surface area contributed by atoms with Crippen LogP contribution in [0.4, 0.5) is 0 Å². The highest BCUT2D eigenvalue weighted by Gasteiger charge is 2.19. The maximum absolute atomic E-state index is 9.27. The lowest BCUT2D eigenvalue weighted by Gasteiger charge is -2.15. The molecule has 2 N–H and O–H groups in total. The van der Waals surface area contributed by atoms with E-state index < -0.39 is 0 Å². The maximum Gasteiger partial charge on any atom is 0.147 e. The quantitative estimate of drug-likeness (QED) is 0.836. The molecule has 0 aliphatic carbocycles. The van der Waals surface area contributed by atoms with Gasteiger partial charge in [-0.1, -0.05) is 12.2 Å². The van der Waals surface area contributed by atoms with E-state index in [1.54, 1.807) is 17.7 Å². The summed E-state index contributed by atoms with van der Waals surface area (Å²) in [6.07, 6.45) is 7.15. The Morgan fingerprint density at radius 1 is 1.58 bits per heavy atom. The summed E-state index contributed by atoms with van der Waals surface area (Å²) in [6.45, 7) is 1.32. The molecule has 0 unspecified atom stereocenters. The van der Waals surface area contributed by atoms with E-state index in [2.05, 4.69) is 6.07 Å². The molecular formula is C14H15N3OS. The molecule has 0 bridgehead atoms. The summed E-state index contributed by atoms with van der Waals surface area (Å²) < 4.78 is 7.52. The zero-order valence-corrected chi connectivity index (χ0v) is 11.3. The van der Waals surface area contributed by atoms with Crippen LogP contribution in [0.1, 0.15) is 29.8 Å². The molecule has 0 radical (unpaired) electrons. The monoisotopic (exact) mass is 273 g/mol. The molecule has 0 atom stereocenters. The second-order valence-electron chi connectivity index (χ2n) is 4.15. The van der Waals surface area contributed by atoms with Gasteiger partial charge in [0.05, 0.1) is 17.5 Å². The van der Waals surface area contributed by atoms with Crippen LogP contribution in [0.2, 0.25) is 0 Å². The van der Waals surface area contributed by atoms with Crippen LogP contribution in [0.3, 0.4) is 0 Å². The summed E-state index contributed by atoms with van der Waals surface area (Å²) in [5, 5.41) is 10.9. The highest BCUT2D eigenvalue weighted by atomic mass is 32.1. The molecule has 1 aliphatic rings. The first-order valence-electron chi connectivity index (χ1n) is 6.13. The number of allylic oxidation sites excluding steroid dienone is 2. The lowest BCUT2D eigenvalue weighted by Crippen LogP contribution is -2.11. The van der Waals surface area contributed by atoms with Crippen LogP contribution in [-0.4, -0.2) is 16.5 Å². The molecule has 4 nitrogen and oxygen atoms in total. The number of nitrogens with two attached hydrogens (primary N) is 1. The predicted octanol–water partition coefficient (Wildman–Crippen LogP) is 2.33. The third kappa shape index (κ3) is 2.75. The Bertz CT molecular complexity index is 578. The fraction of sp³-hybridized carbons (Fsp3) is 0.286. The van der Waals surface area contributed by atoms with Crippen molar-refractivity contribution in [2.24, 2.45) is 5.73 Å². The van der Waals surface area contributed by atoms with Crippen LogP contribution in [0, 0.1) is 11.3 Å². The van der Waals surface area contributed by atoms with Crippen LogP contribution in [0.25, 0.3) is 5.76 Å². The van der Waals surface area contributed by atoms with Crippen molar-refractivity contribution >= 4 is 23.3 Å². The van der Waals surface area contributed by atoms with Gasteiger partial charge in [-0.3, -0.25) is 0 Å². The zero-order valence-electron chi connectivity index (χ0n) is 10.5. The number of hydrogen-bond donors (Lipinski definition) is 1. The molecule has 2 rings (SSSR count). The fourth-order valence-corrected chi connectivity index (χ4v) is 2.26. The number of aromatic nitrogens is 1. The van der Waals surface area contributed by atoms with Gasteiger partial charge in [-0.25, -0.2) is 0 Å². The highest BCUT2D eigenvalue weighted by molar-refractivity contribution is 7.79. The van der Waals surface area contributed by atoms with Gasteiger partial charge < -0.3 is 15.0 Å². The van der Waals surface area contributed by atoms with Gasteiger partial charge in [0.1, 0.15) is 17.5 Å². The van der Waals surface area contributed by atoms with Crippen molar-refractivity contribution in [2.75, 3.05) is 6.54 Å². The average molecular weight is 273 g/mol. The van der Waals surface area contributed by atoms with Gasteiger partial charge in [-0.15, -0.1) is 0 Å². The molecule has 1 aromatic heterocycles. The summed E-state index contributed by atoms with van der Waals surface area (Å²) in [6, 6.07) is 3.99. The van der Waals surface area contributed by atoms with E-state index in [0.717, 1.165) is 30.8 Å². The highest BCUT2D eigenvalue weighted by Crippen LogP contribution is 2.27. The van der Waals surface area contributed by atoms with Crippen molar-refractivity contribution in [3.05, 3.63) is 41.4 Å². The zero-order chi connectivity index (χ0) is 13.7.